The second kappa shape index (κ2) is 10.6. The van der Waals surface area contributed by atoms with Crippen molar-refractivity contribution in [1.29, 1.82) is 5.26 Å². The molecule has 2 aliphatic heterocycles. The predicted molar refractivity (Wildman–Crippen MR) is 112 cm³/mol. The summed E-state index contributed by atoms with van der Waals surface area (Å²) in [6, 6.07) is -1.87. The Balaban J connectivity index is 2.23. The number of alkyl halides is 3. The zero-order chi connectivity index (χ0) is 25.8. The highest BCUT2D eigenvalue weighted by molar-refractivity contribution is 5.94. The van der Waals surface area contributed by atoms with Gasteiger partial charge in [-0.3, -0.25) is 19.2 Å². The minimum absolute atomic E-state index is 0.00610. The number of methoxy groups -OCH3 is 1. The van der Waals surface area contributed by atoms with E-state index in [2.05, 4.69) is 10.6 Å². The Hall–Kier alpha value is -2.88. The van der Waals surface area contributed by atoms with E-state index < -0.39 is 59.5 Å². The fourth-order valence-corrected chi connectivity index (χ4v) is 4.15. The molecule has 0 radical (unpaired) electrons. The monoisotopic (exact) mass is 489 g/mol. The number of amides is 4. The molecule has 2 unspecified atom stereocenters. The Kier molecular flexibility index (Phi) is 8.52. The quantitative estimate of drug-likeness (QED) is 0.468. The minimum Gasteiger partial charge on any atom is -0.379 e. The summed E-state index contributed by atoms with van der Waals surface area (Å²) in [6.45, 7) is 4.95. The number of halogens is 3. The second-order valence-electron chi connectivity index (χ2n) is 9.51. The minimum atomic E-state index is -5.19. The van der Waals surface area contributed by atoms with Crippen molar-refractivity contribution in [3.05, 3.63) is 0 Å². The number of ether oxygens (including phenoxy) is 1. The number of carbonyl (C=O) groups excluding carboxylic acids is 4. The number of carbonyl (C=O) groups is 4. The van der Waals surface area contributed by atoms with Gasteiger partial charge in [-0.15, -0.1) is 0 Å². The van der Waals surface area contributed by atoms with Crippen LogP contribution in [0.15, 0.2) is 0 Å². The topological polar surface area (TPSA) is 141 Å². The van der Waals surface area contributed by atoms with E-state index in [-0.39, 0.29) is 25.3 Å². The first kappa shape index (κ1) is 27.4. The number of nitrogens with zero attached hydrogens (tertiary/aromatic N) is 2. The lowest BCUT2D eigenvalue weighted by atomic mass is 9.85. The van der Waals surface area contributed by atoms with Gasteiger partial charge in [0.25, 0.3) is 0 Å². The van der Waals surface area contributed by atoms with Crippen LogP contribution < -0.4 is 16.0 Å². The Morgan fingerprint density at radius 2 is 1.88 bits per heavy atom. The molecule has 2 heterocycles. The molecule has 0 aromatic heterocycles. The Bertz CT molecular complexity index is 851. The van der Waals surface area contributed by atoms with Crippen molar-refractivity contribution in [2.75, 3.05) is 20.2 Å². The van der Waals surface area contributed by atoms with Crippen LogP contribution in [-0.2, 0) is 23.9 Å². The maximum Gasteiger partial charge on any atom is 0.471 e. The molecule has 2 fully saturated rings. The number of hydrogen-bond donors (Lipinski definition) is 3. The van der Waals surface area contributed by atoms with Gasteiger partial charge in [0.15, 0.2) is 0 Å². The lowest BCUT2D eigenvalue weighted by Crippen LogP contribution is -2.61. The first-order valence-corrected chi connectivity index (χ1v) is 10.9. The molecule has 2 saturated heterocycles. The van der Waals surface area contributed by atoms with Crippen LogP contribution in [-0.4, -0.2) is 79.1 Å². The molecule has 5 atom stereocenters. The summed E-state index contributed by atoms with van der Waals surface area (Å²) in [4.78, 5) is 50.9. The van der Waals surface area contributed by atoms with Crippen LogP contribution in [0.2, 0.25) is 0 Å². The molecular formula is C21H30F3N5O5. The number of nitriles is 1. The van der Waals surface area contributed by atoms with E-state index in [1.54, 1.807) is 5.32 Å². The van der Waals surface area contributed by atoms with Crippen molar-refractivity contribution in [2.45, 2.75) is 70.4 Å². The van der Waals surface area contributed by atoms with Gasteiger partial charge in [-0.25, -0.2) is 0 Å². The van der Waals surface area contributed by atoms with E-state index >= 15 is 0 Å². The normalized spacial score (nSPS) is 24.7. The van der Waals surface area contributed by atoms with Gasteiger partial charge in [-0.1, -0.05) is 20.8 Å². The van der Waals surface area contributed by atoms with E-state index in [1.807, 2.05) is 6.07 Å². The highest BCUT2D eigenvalue weighted by Gasteiger charge is 2.49. The molecule has 13 heteroatoms. The third-order valence-electron chi connectivity index (χ3n) is 6.00. The molecule has 0 spiro atoms. The van der Waals surface area contributed by atoms with Gasteiger partial charge < -0.3 is 25.6 Å². The molecule has 2 rings (SSSR count). The predicted octanol–water partition coefficient (Wildman–Crippen LogP) is 0.230. The standard InChI is InChI=1S/C21H30F3N5O5/c1-20(2,3)15(28-19(33)21(22,23)24)18(32)29-8-6-13(34-4)14(29)17(31)27-12(10-25)9-11-5-7-26-16(11)30/h11-15H,5-9H2,1-4H3,(H,26,30)(H,27,31)(H,28,33)/t11-,12?,13+,14-,15?/m0/s1. The van der Waals surface area contributed by atoms with Crippen LogP contribution in [0.25, 0.3) is 0 Å². The summed E-state index contributed by atoms with van der Waals surface area (Å²) in [5.41, 5.74) is -1.10. The van der Waals surface area contributed by atoms with Crippen molar-refractivity contribution < 1.29 is 37.1 Å². The van der Waals surface area contributed by atoms with E-state index in [0.29, 0.717) is 13.0 Å². The van der Waals surface area contributed by atoms with Gasteiger partial charge in [-0.2, -0.15) is 18.4 Å². The van der Waals surface area contributed by atoms with Gasteiger partial charge in [0, 0.05) is 26.1 Å². The zero-order valence-corrected chi connectivity index (χ0v) is 19.5. The highest BCUT2D eigenvalue weighted by atomic mass is 19.4. The molecule has 4 amide bonds. The van der Waals surface area contributed by atoms with Crippen LogP contribution in [0.1, 0.15) is 40.0 Å². The Morgan fingerprint density at radius 3 is 2.35 bits per heavy atom. The molecule has 0 aromatic carbocycles. The van der Waals surface area contributed by atoms with Gasteiger partial charge >= 0.3 is 12.1 Å². The van der Waals surface area contributed by atoms with Crippen molar-refractivity contribution in [2.24, 2.45) is 11.3 Å². The van der Waals surface area contributed by atoms with Crippen molar-refractivity contribution in [1.82, 2.24) is 20.9 Å². The van der Waals surface area contributed by atoms with Crippen LogP contribution in [0.4, 0.5) is 13.2 Å². The van der Waals surface area contributed by atoms with Crippen LogP contribution >= 0.6 is 0 Å². The average Bonchev–Trinajstić information content (AvgIpc) is 3.35. The molecule has 10 nitrogen and oxygen atoms in total. The molecule has 190 valence electrons. The fourth-order valence-electron chi connectivity index (χ4n) is 4.15. The molecule has 0 aliphatic carbocycles. The van der Waals surface area contributed by atoms with Crippen molar-refractivity contribution in [3.63, 3.8) is 0 Å². The smallest absolute Gasteiger partial charge is 0.379 e. The SMILES string of the molecule is CO[C@@H]1CCN(C(=O)C(NC(=O)C(F)(F)F)C(C)(C)C)[C@@H]1C(=O)NC(C#N)C[C@@H]1CCNC1=O. The largest absolute Gasteiger partial charge is 0.471 e. The van der Waals surface area contributed by atoms with Gasteiger partial charge in [0.05, 0.1) is 12.2 Å². The first-order valence-electron chi connectivity index (χ1n) is 10.9. The number of likely N-dealkylation sites (tertiary alicyclic amines) is 1. The summed E-state index contributed by atoms with van der Waals surface area (Å²) in [5, 5.41) is 16.4. The lowest BCUT2D eigenvalue weighted by Gasteiger charge is -2.36. The number of hydrogen-bond acceptors (Lipinski definition) is 6. The third kappa shape index (κ3) is 6.37. The highest BCUT2D eigenvalue weighted by Crippen LogP contribution is 2.28. The van der Waals surface area contributed by atoms with Crippen LogP contribution in [0.5, 0.6) is 0 Å². The first-order chi connectivity index (χ1) is 15.7. The van der Waals surface area contributed by atoms with Gasteiger partial charge in [0.2, 0.25) is 17.7 Å². The van der Waals surface area contributed by atoms with Crippen LogP contribution in [0.3, 0.4) is 0 Å². The van der Waals surface area contributed by atoms with Gasteiger partial charge in [0.1, 0.15) is 18.1 Å². The van der Waals surface area contributed by atoms with Gasteiger partial charge in [-0.05, 0) is 24.7 Å². The second-order valence-corrected chi connectivity index (χ2v) is 9.51. The molecule has 3 N–H and O–H groups in total. The number of nitrogens with one attached hydrogen (secondary N) is 3. The fraction of sp³-hybridized carbons (Fsp3) is 0.762. The molecule has 0 aromatic rings. The lowest BCUT2D eigenvalue weighted by molar-refractivity contribution is -0.176. The van der Waals surface area contributed by atoms with Crippen LogP contribution in [0, 0.1) is 22.7 Å². The van der Waals surface area contributed by atoms with E-state index in [9.17, 15) is 37.6 Å². The van der Waals surface area contributed by atoms with E-state index in [4.69, 9.17) is 4.74 Å². The summed E-state index contributed by atoms with van der Waals surface area (Å²) in [7, 11) is 1.33. The third-order valence-corrected chi connectivity index (χ3v) is 6.00. The summed E-state index contributed by atoms with van der Waals surface area (Å²) in [5.74, 6) is -4.50. The molecule has 34 heavy (non-hydrogen) atoms. The maximum atomic E-state index is 13.3. The summed E-state index contributed by atoms with van der Waals surface area (Å²) < 4.78 is 43.9. The molecular weight excluding hydrogens is 459 g/mol. The number of rotatable bonds is 7. The summed E-state index contributed by atoms with van der Waals surface area (Å²) in [6.07, 6.45) is -5.12. The van der Waals surface area contributed by atoms with E-state index in [1.165, 1.54) is 27.9 Å². The molecule has 0 bridgehead atoms. The molecule has 2 aliphatic rings. The van der Waals surface area contributed by atoms with Crippen molar-refractivity contribution >= 4 is 23.6 Å². The Labute approximate surface area is 195 Å². The van der Waals surface area contributed by atoms with E-state index in [0.717, 1.165) is 4.90 Å². The summed E-state index contributed by atoms with van der Waals surface area (Å²) >= 11 is 0. The Morgan fingerprint density at radius 1 is 1.24 bits per heavy atom. The molecule has 0 saturated carbocycles. The zero-order valence-electron chi connectivity index (χ0n) is 19.5. The van der Waals surface area contributed by atoms with Crippen molar-refractivity contribution in [3.8, 4) is 6.07 Å². The maximum absolute atomic E-state index is 13.3. The average molecular weight is 489 g/mol.